The van der Waals surface area contributed by atoms with Crippen molar-refractivity contribution in [2.24, 2.45) is 15.0 Å². The number of ether oxygens (including phenoxy) is 4. The van der Waals surface area contributed by atoms with Crippen molar-refractivity contribution in [3.05, 3.63) is 207 Å². The van der Waals surface area contributed by atoms with E-state index in [0.717, 1.165) is 146 Å². The van der Waals surface area contributed by atoms with E-state index in [2.05, 4.69) is 220 Å². The number of hydrogen-bond donors (Lipinski definition) is 0. The Bertz CT molecular complexity index is 2570. The summed E-state index contributed by atoms with van der Waals surface area (Å²) in [6, 6.07) is 58.4. The highest BCUT2D eigenvalue weighted by molar-refractivity contribution is 14.1. The molecule has 7 rings (SSSR count). The third kappa shape index (κ3) is 19.5. The largest absolute Gasteiger partial charge is 0.494 e. The van der Waals surface area contributed by atoms with Crippen LogP contribution in [0.4, 0.5) is 17.1 Å². The molecule has 0 aromatic heterocycles. The number of halogens is 1. The van der Waals surface area contributed by atoms with E-state index < -0.39 is 0 Å². The van der Waals surface area contributed by atoms with E-state index in [4.69, 9.17) is 33.9 Å². The van der Waals surface area contributed by atoms with Crippen LogP contribution < -0.4 is 18.9 Å². The molecule has 0 N–H and O–H groups in total. The van der Waals surface area contributed by atoms with Crippen molar-refractivity contribution in [1.82, 2.24) is 0 Å². The van der Waals surface area contributed by atoms with Gasteiger partial charge in [-0.3, -0.25) is 0 Å². The summed E-state index contributed by atoms with van der Waals surface area (Å²) in [7, 11) is 0. The fourth-order valence-corrected chi connectivity index (χ4v) is 9.25. The average molecular weight is 1140 g/mol. The molecule has 77 heavy (non-hydrogen) atoms. The number of rotatable bonds is 33. The van der Waals surface area contributed by atoms with E-state index in [1.54, 1.807) is 0 Å². The summed E-state index contributed by atoms with van der Waals surface area (Å²) >= 11 is 2.34. The van der Waals surface area contributed by atoms with Crippen molar-refractivity contribution in [3.63, 3.8) is 0 Å². The SMILES string of the molecule is CCCCCCOc1ccc(C(=Nc2ccc(C(=Nc3ccc(I)cc3)c3ccc(N=C(c4ccc(OCCCCCC)cc4)c4ccc(OCCCCCC)cc4)cc3)cc2)c2ccc(OCCCCCC)cc2)cc1. The molecule has 7 aromatic carbocycles. The van der Waals surface area contributed by atoms with Gasteiger partial charge in [0.15, 0.2) is 0 Å². The molecule has 0 bridgehead atoms. The lowest BCUT2D eigenvalue weighted by Gasteiger charge is -2.13. The van der Waals surface area contributed by atoms with E-state index in [1.807, 2.05) is 0 Å². The van der Waals surface area contributed by atoms with Gasteiger partial charge in [-0.1, -0.05) is 129 Å². The summed E-state index contributed by atoms with van der Waals surface area (Å²) < 4.78 is 25.7. The smallest absolute Gasteiger partial charge is 0.119 e. The molecule has 8 heteroatoms. The van der Waals surface area contributed by atoms with Crippen molar-refractivity contribution < 1.29 is 18.9 Å². The minimum absolute atomic E-state index is 0.718. The Kier molecular flexibility index (Phi) is 24.9. The van der Waals surface area contributed by atoms with Gasteiger partial charge < -0.3 is 18.9 Å². The molecule has 0 amide bonds. The third-order valence-electron chi connectivity index (χ3n) is 13.4. The monoisotopic (exact) mass is 1140 g/mol. The first-order chi connectivity index (χ1) is 37.9. The van der Waals surface area contributed by atoms with Crippen molar-refractivity contribution in [2.45, 2.75) is 130 Å². The van der Waals surface area contributed by atoms with Crippen LogP contribution >= 0.6 is 22.6 Å². The Morgan fingerprint density at radius 3 is 0.701 bits per heavy atom. The lowest BCUT2D eigenvalue weighted by molar-refractivity contribution is 0.305. The molecule has 0 aliphatic rings. The van der Waals surface area contributed by atoms with Gasteiger partial charge >= 0.3 is 0 Å². The van der Waals surface area contributed by atoms with Gasteiger partial charge in [-0.05, 0) is 194 Å². The summed E-state index contributed by atoms with van der Waals surface area (Å²) in [5, 5.41) is 0. The van der Waals surface area contributed by atoms with Gasteiger partial charge in [-0.2, -0.15) is 0 Å². The molecule has 0 saturated heterocycles. The fraction of sp³-hybridized carbons (Fsp3) is 0.348. The van der Waals surface area contributed by atoms with Gasteiger partial charge in [0.25, 0.3) is 0 Å². The van der Waals surface area contributed by atoms with E-state index in [9.17, 15) is 0 Å². The second kappa shape index (κ2) is 32.9. The number of hydrogen-bond acceptors (Lipinski definition) is 7. The zero-order valence-electron chi connectivity index (χ0n) is 46.2. The van der Waals surface area contributed by atoms with Crippen LogP contribution in [0.3, 0.4) is 0 Å². The first kappa shape index (κ1) is 58.2. The fourth-order valence-electron chi connectivity index (χ4n) is 8.89. The molecule has 0 unspecified atom stereocenters. The third-order valence-corrected chi connectivity index (χ3v) is 14.1. The zero-order valence-corrected chi connectivity index (χ0v) is 48.3. The van der Waals surface area contributed by atoms with Crippen LogP contribution in [0.5, 0.6) is 23.0 Å². The lowest BCUT2D eigenvalue weighted by atomic mass is 10.00. The maximum Gasteiger partial charge on any atom is 0.119 e. The predicted molar refractivity (Wildman–Crippen MR) is 332 cm³/mol. The highest BCUT2D eigenvalue weighted by Gasteiger charge is 2.14. The van der Waals surface area contributed by atoms with Crippen molar-refractivity contribution in [1.29, 1.82) is 0 Å². The minimum atomic E-state index is 0.718. The van der Waals surface area contributed by atoms with Crippen LogP contribution in [-0.4, -0.2) is 43.6 Å². The molecule has 0 heterocycles. The lowest BCUT2D eigenvalue weighted by Crippen LogP contribution is -2.05. The quantitative estimate of drug-likeness (QED) is 0.0233. The summed E-state index contributed by atoms with van der Waals surface area (Å²) in [5.74, 6) is 3.48. The molecule has 0 aliphatic heterocycles. The molecule has 7 nitrogen and oxygen atoms in total. The first-order valence-electron chi connectivity index (χ1n) is 28.6. The Hall–Kier alpha value is -6.52. The van der Waals surface area contributed by atoms with E-state index in [1.165, 1.54) is 77.0 Å². The van der Waals surface area contributed by atoms with Gasteiger partial charge in [0, 0.05) is 37.0 Å². The summed E-state index contributed by atoms with van der Waals surface area (Å²) in [6.45, 7) is 11.8. The Morgan fingerprint density at radius 2 is 0.481 bits per heavy atom. The second-order valence-corrected chi connectivity index (χ2v) is 20.9. The van der Waals surface area contributed by atoms with Crippen molar-refractivity contribution in [3.8, 4) is 23.0 Å². The number of benzene rings is 7. The molecule has 0 aliphatic carbocycles. The van der Waals surface area contributed by atoms with Gasteiger partial charge in [0.1, 0.15) is 23.0 Å². The zero-order chi connectivity index (χ0) is 53.7. The average Bonchev–Trinajstić information content (AvgIpc) is 3.47. The predicted octanol–water partition coefficient (Wildman–Crippen LogP) is 19.6. The molecule has 0 spiro atoms. The van der Waals surface area contributed by atoms with Crippen LogP contribution in [0, 0.1) is 3.57 Å². The standard InChI is InChI=1S/C69H80IN3O4/c1-5-9-13-17-49-74-63-41-25-55(26-42-63)68(56-27-43-64(44-28-56)75-50-18-14-10-6-2)71-60-35-21-53(22-36-60)67(73-62-39-33-59(70)34-40-62)54-23-37-61(38-24-54)72-69(57-29-45-65(46-30-57)76-51-19-15-11-7-3)58-31-47-66(48-32-58)77-52-20-16-12-8-4/h21-48H,5-20,49-52H2,1-4H3. The molecular weight excluding hydrogens is 1060 g/mol. The normalized spacial score (nSPS) is 10.9. The van der Waals surface area contributed by atoms with Crippen LogP contribution in [0.15, 0.2) is 185 Å². The molecular formula is C69H80IN3O4. The number of nitrogens with zero attached hydrogens (tertiary/aromatic N) is 3. The van der Waals surface area contributed by atoms with Crippen LogP contribution in [-0.2, 0) is 0 Å². The molecule has 0 radical (unpaired) electrons. The van der Waals surface area contributed by atoms with Crippen molar-refractivity contribution in [2.75, 3.05) is 26.4 Å². The minimum Gasteiger partial charge on any atom is -0.494 e. The molecule has 0 fully saturated rings. The van der Waals surface area contributed by atoms with Gasteiger partial charge in [0.05, 0.1) is 60.6 Å². The summed E-state index contributed by atoms with van der Waals surface area (Å²) in [5.41, 5.74) is 11.1. The highest BCUT2D eigenvalue weighted by atomic mass is 127. The molecule has 0 saturated carbocycles. The van der Waals surface area contributed by atoms with Crippen LogP contribution in [0.25, 0.3) is 0 Å². The molecule has 7 aromatic rings. The van der Waals surface area contributed by atoms with Gasteiger partial charge in [-0.15, -0.1) is 0 Å². The Labute approximate surface area is 474 Å². The van der Waals surface area contributed by atoms with E-state index in [0.29, 0.717) is 0 Å². The Morgan fingerprint density at radius 1 is 0.273 bits per heavy atom. The van der Waals surface area contributed by atoms with Crippen molar-refractivity contribution >= 4 is 56.8 Å². The Balaban J connectivity index is 1.17. The van der Waals surface area contributed by atoms with Gasteiger partial charge in [-0.25, -0.2) is 15.0 Å². The maximum absolute atomic E-state index is 6.13. The molecule has 402 valence electrons. The first-order valence-corrected chi connectivity index (χ1v) is 29.7. The van der Waals surface area contributed by atoms with E-state index in [-0.39, 0.29) is 0 Å². The van der Waals surface area contributed by atoms with Gasteiger partial charge in [0.2, 0.25) is 0 Å². The highest BCUT2D eigenvalue weighted by Crippen LogP contribution is 2.28. The topological polar surface area (TPSA) is 74.0 Å². The number of unbranched alkanes of at least 4 members (excludes halogenated alkanes) is 12. The number of aliphatic imine (C=N–C) groups is 3. The molecule has 0 atom stereocenters. The van der Waals surface area contributed by atoms with Crippen LogP contribution in [0.1, 0.15) is 164 Å². The maximum atomic E-state index is 6.13. The summed E-state index contributed by atoms with van der Waals surface area (Å²) in [4.78, 5) is 15.9. The van der Waals surface area contributed by atoms with E-state index >= 15 is 0 Å². The summed E-state index contributed by atoms with van der Waals surface area (Å²) in [6.07, 6.45) is 18.7. The van der Waals surface area contributed by atoms with Crippen LogP contribution in [0.2, 0.25) is 0 Å². The second-order valence-electron chi connectivity index (χ2n) is 19.7.